The number of halogens is 4. The summed E-state index contributed by atoms with van der Waals surface area (Å²) in [7, 11) is 0. The van der Waals surface area contributed by atoms with E-state index in [2.05, 4.69) is 14.1 Å². The van der Waals surface area contributed by atoms with Crippen molar-refractivity contribution >= 4 is 17.2 Å². The van der Waals surface area contributed by atoms with Crippen molar-refractivity contribution in [3.05, 3.63) is 74.9 Å². The number of ether oxygens (including phenoxy) is 1. The number of hydrogen-bond acceptors (Lipinski definition) is 4. The van der Waals surface area contributed by atoms with Gasteiger partial charge in [-0.3, -0.25) is 8.94 Å². The molecular formula is C17H13F4N3O2S. The van der Waals surface area contributed by atoms with Crippen molar-refractivity contribution in [2.75, 3.05) is 0 Å². The predicted octanol–water partition coefficient (Wildman–Crippen LogP) is 3.79. The molecule has 0 unspecified atom stereocenters. The van der Waals surface area contributed by atoms with Crippen molar-refractivity contribution in [3.8, 4) is 5.75 Å². The summed E-state index contributed by atoms with van der Waals surface area (Å²) in [5.41, 5.74) is 0.318. The molecule has 3 rings (SSSR count). The fourth-order valence-corrected chi connectivity index (χ4v) is 2.93. The summed E-state index contributed by atoms with van der Waals surface area (Å²) < 4.78 is 60.3. The summed E-state index contributed by atoms with van der Waals surface area (Å²) in [4.78, 5) is 16.5. The first-order chi connectivity index (χ1) is 12.7. The second kappa shape index (κ2) is 7.39. The highest BCUT2D eigenvalue weighted by Crippen LogP contribution is 2.23. The Labute approximate surface area is 154 Å². The molecule has 27 heavy (non-hydrogen) atoms. The van der Waals surface area contributed by atoms with Gasteiger partial charge in [0.1, 0.15) is 5.75 Å². The van der Waals surface area contributed by atoms with Crippen molar-refractivity contribution in [2.45, 2.75) is 19.6 Å². The van der Waals surface area contributed by atoms with Crippen molar-refractivity contribution in [2.24, 2.45) is 4.99 Å². The van der Waals surface area contributed by atoms with Gasteiger partial charge in [-0.1, -0.05) is 6.07 Å². The molecule has 2 aromatic carbocycles. The number of H-pyrrole nitrogens is 1. The number of rotatable bonds is 5. The van der Waals surface area contributed by atoms with Gasteiger partial charge in [-0.15, -0.1) is 0 Å². The summed E-state index contributed by atoms with van der Waals surface area (Å²) in [6.07, 6.45) is -3.30. The summed E-state index contributed by atoms with van der Waals surface area (Å²) in [6, 6.07) is 8.89. The highest BCUT2D eigenvalue weighted by molar-refractivity contribution is 7.02. The molecule has 10 heteroatoms. The molecule has 0 saturated heterocycles. The van der Waals surface area contributed by atoms with Crippen LogP contribution >= 0.6 is 11.5 Å². The maximum absolute atomic E-state index is 13.4. The second-order valence-electron chi connectivity index (χ2n) is 5.64. The number of nitrogens with one attached hydrogen (secondary N) is 1. The van der Waals surface area contributed by atoms with Gasteiger partial charge in [0.25, 0.3) is 0 Å². The van der Waals surface area contributed by atoms with Gasteiger partial charge in [0.05, 0.1) is 12.2 Å². The Bertz CT molecular complexity index is 1070. The second-order valence-corrected chi connectivity index (χ2v) is 6.42. The average molecular weight is 399 g/mol. The molecule has 0 aliphatic carbocycles. The minimum Gasteiger partial charge on any atom is -0.433 e. The maximum Gasteiger partial charge on any atom is 0.394 e. The van der Waals surface area contributed by atoms with Crippen LogP contribution in [0.15, 0.2) is 52.3 Å². The molecule has 0 atom stereocenters. The van der Waals surface area contributed by atoms with E-state index in [-0.39, 0.29) is 17.1 Å². The lowest BCUT2D eigenvalue weighted by Gasteiger charge is -2.12. The Morgan fingerprint density at radius 3 is 2.48 bits per heavy atom. The minimum absolute atomic E-state index is 0.0158. The van der Waals surface area contributed by atoms with Crippen LogP contribution < -0.4 is 15.2 Å². The van der Waals surface area contributed by atoms with Gasteiger partial charge < -0.3 is 4.74 Å². The van der Waals surface area contributed by atoms with Crippen LogP contribution in [0.3, 0.4) is 0 Å². The van der Waals surface area contributed by atoms with Gasteiger partial charge in [-0.25, -0.2) is 18.6 Å². The van der Waals surface area contributed by atoms with E-state index in [1.54, 1.807) is 0 Å². The van der Waals surface area contributed by atoms with Crippen molar-refractivity contribution < 1.29 is 22.3 Å². The third kappa shape index (κ3) is 4.85. The Morgan fingerprint density at radius 2 is 1.85 bits per heavy atom. The summed E-state index contributed by atoms with van der Waals surface area (Å²) >= 11 is 0.952. The molecule has 0 amide bonds. The zero-order valence-corrected chi connectivity index (χ0v) is 14.7. The van der Waals surface area contributed by atoms with Crippen LogP contribution in [-0.4, -0.2) is 15.0 Å². The molecular weight excluding hydrogens is 386 g/mol. The van der Waals surface area contributed by atoms with E-state index in [9.17, 15) is 22.4 Å². The van der Waals surface area contributed by atoms with Crippen molar-refractivity contribution in [1.82, 2.24) is 8.94 Å². The van der Waals surface area contributed by atoms with Crippen LogP contribution in [0.2, 0.25) is 0 Å². The molecule has 0 fully saturated rings. The van der Waals surface area contributed by atoms with Gasteiger partial charge in [0, 0.05) is 6.92 Å². The summed E-state index contributed by atoms with van der Waals surface area (Å²) in [5, 5.41) is 0. The van der Waals surface area contributed by atoms with E-state index in [1.807, 2.05) is 0 Å². The van der Waals surface area contributed by atoms with Gasteiger partial charge in [-0.2, -0.15) is 8.78 Å². The smallest absolute Gasteiger partial charge is 0.394 e. The highest BCUT2D eigenvalue weighted by Gasteiger charge is 2.22. The molecule has 142 valence electrons. The zero-order chi connectivity index (χ0) is 19.6. The molecule has 5 nitrogen and oxygen atoms in total. The number of nitrogens with zero attached hydrogens (tertiary/aromatic N) is 2. The lowest BCUT2D eigenvalue weighted by molar-refractivity contribution is -0.158. The third-order valence-electron chi connectivity index (χ3n) is 3.39. The van der Waals surface area contributed by atoms with Gasteiger partial charge in [0.15, 0.2) is 11.6 Å². The monoisotopic (exact) mass is 399 g/mol. The number of alkyl halides is 2. The fraction of sp³-hybridized carbons (Fsp3) is 0.176. The molecule has 1 N–H and O–H groups in total. The Kier molecular flexibility index (Phi) is 5.17. The van der Waals surface area contributed by atoms with E-state index in [1.165, 1.54) is 34.9 Å². The number of aromatic amines is 1. The van der Waals surface area contributed by atoms with Crippen LogP contribution in [0.5, 0.6) is 5.75 Å². The molecule has 0 aliphatic rings. The first-order valence-electron chi connectivity index (χ1n) is 7.65. The van der Waals surface area contributed by atoms with Crippen molar-refractivity contribution in [3.63, 3.8) is 0 Å². The summed E-state index contributed by atoms with van der Waals surface area (Å²) in [6.45, 7) is 0.613. The molecule has 1 heterocycles. The van der Waals surface area contributed by atoms with E-state index < -0.39 is 23.4 Å². The normalized spacial score (nSPS) is 12.4. The number of benzene rings is 2. The Hall–Kier alpha value is -2.88. The van der Waals surface area contributed by atoms with Crippen LogP contribution in [-0.2, 0) is 6.54 Å². The highest BCUT2D eigenvalue weighted by atomic mass is 32.1. The zero-order valence-electron chi connectivity index (χ0n) is 13.9. The fourth-order valence-electron chi connectivity index (χ4n) is 2.24. The Morgan fingerprint density at radius 1 is 1.15 bits per heavy atom. The lowest BCUT2D eigenvalue weighted by atomic mass is 10.2. The quantitative estimate of drug-likeness (QED) is 0.664. The molecule has 3 aromatic rings. The SMILES string of the molecule is CC(F)(F)Oc1ccc(/N=c2\s[nH]c(=O)n2Cc2ccc(F)c(F)c2)cc1. The molecule has 0 spiro atoms. The maximum atomic E-state index is 13.4. The minimum atomic E-state index is -3.30. The van der Waals surface area contributed by atoms with E-state index in [0.717, 1.165) is 23.7 Å². The molecule has 0 aliphatic heterocycles. The van der Waals surface area contributed by atoms with Gasteiger partial charge in [0.2, 0.25) is 4.80 Å². The van der Waals surface area contributed by atoms with Gasteiger partial charge >= 0.3 is 11.8 Å². The van der Waals surface area contributed by atoms with Crippen molar-refractivity contribution in [1.29, 1.82) is 0 Å². The van der Waals surface area contributed by atoms with Crippen LogP contribution in [0, 0.1) is 11.6 Å². The predicted molar refractivity (Wildman–Crippen MR) is 91.3 cm³/mol. The van der Waals surface area contributed by atoms with E-state index >= 15 is 0 Å². The molecule has 0 bridgehead atoms. The standard InChI is InChI=1S/C17H13F4N3O2S/c1-17(20,21)26-12-5-3-11(4-6-12)22-16-24(15(25)23-27-16)9-10-2-7-13(18)14(19)8-10/h2-8H,9H2,1H3,(H,23,25)/b22-16-. The molecule has 0 radical (unpaired) electrons. The summed E-state index contributed by atoms with van der Waals surface area (Å²) in [5.74, 6) is -2.02. The third-order valence-corrected chi connectivity index (χ3v) is 4.16. The first-order valence-corrected chi connectivity index (χ1v) is 8.47. The molecule has 0 saturated carbocycles. The lowest BCUT2D eigenvalue weighted by Crippen LogP contribution is -2.27. The first kappa shape index (κ1) is 18.9. The number of aromatic nitrogens is 2. The topological polar surface area (TPSA) is 59.4 Å². The van der Waals surface area contributed by atoms with E-state index in [4.69, 9.17) is 0 Å². The van der Waals surface area contributed by atoms with Crippen LogP contribution in [0.4, 0.5) is 23.2 Å². The molecule has 1 aromatic heterocycles. The van der Waals surface area contributed by atoms with E-state index in [0.29, 0.717) is 18.2 Å². The average Bonchev–Trinajstić information content (AvgIpc) is 2.92. The van der Waals surface area contributed by atoms with Crippen LogP contribution in [0.25, 0.3) is 0 Å². The Balaban J connectivity index is 1.89. The number of hydrogen-bond donors (Lipinski definition) is 1. The largest absolute Gasteiger partial charge is 0.433 e. The van der Waals surface area contributed by atoms with Crippen LogP contribution in [0.1, 0.15) is 12.5 Å². The van der Waals surface area contributed by atoms with Gasteiger partial charge in [-0.05, 0) is 53.5 Å².